The number of hydrogen-bond acceptors (Lipinski definition) is 2. The average Bonchev–Trinajstić information content (AvgIpc) is 2.33. The van der Waals surface area contributed by atoms with Crippen molar-refractivity contribution in [3.05, 3.63) is 0 Å². The number of carbonyl (C=O) groups is 2. The first kappa shape index (κ1) is 19.0. The molecule has 0 radical (unpaired) electrons. The molecule has 0 spiro atoms. The molecule has 1 saturated carbocycles. The molecule has 4 heteroatoms. The highest BCUT2D eigenvalue weighted by molar-refractivity contribution is 5.76. The normalized spacial score (nSPS) is 17.3. The summed E-state index contributed by atoms with van der Waals surface area (Å²) in [6, 6.07) is 0. The molecule has 0 saturated heterocycles. The summed E-state index contributed by atoms with van der Waals surface area (Å²) in [6.07, 6.45) is 7.69. The van der Waals surface area contributed by atoms with Crippen molar-refractivity contribution < 1.29 is 14.7 Å². The molecular weight excluding hydrogens is 278 g/mol. The molecule has 2 N–H and O–H groups in total. The molecule has 0 unspecified atom stereocenters. The summed E-state index contributed by atoms with van der Waals surface area (Å²) in [7, 11) is 0. The highest BCUT2D eigenvalue weighted by Gasteiger charge is 2.32. The molecule has 0 heterocycles. The number of carbonyl (C=O) groups excluding carboxylic acids is 1. The number of rotatable bonds is 8. The molecule has 1 aliphatic carbocycles. The van der Waals surface area contributed by atoms with Crippen LogP contribution in [0.2, 0.25) is 0 Å². The van der Waals surface area contributed by atoms with Crippen LogP contribution in [0.15, 0.2) is 0 Å². The zero-order chi connectivity index (χ0) is 16.8. The van der Waals surface area contributed by atoms with Crippen LogP contribution in [0.1, 0.15) is 79.1 Å². The summed E-state index contributed by atoms with van der Waals surface area (Å²) in [5.74, 6) is -0.0338. The van der Waals surface area contributed by atoms with Crippen LogP contribution in [0, 0.1) is 16.7 Å². The van der Waals surface area contributed by atoms with E-state index >= 15 is 0 Å². The first-order valence-electron chi connectivity index (χ1n) is 8.58. The zero-order valence-corrected chi connectivity index (χ0v) is 14.7. The van der Waals surface area contributed by atoms with Gasteiger partial charge in [0.1, 0.15) is 0 Å². The molecule has 0 aliphatic heterocycles. The number of carboxylic acids is 1. The molecule has 0 aromatic heterocycles. The van der Waals surface area contributed by atoms with E-state index in [1.807, 2.05) is 13.8 Å². The van der Waals surface area contributed by atoms with Gasteiger partial charge in [0.05, 0.1) is 6.42 Å². The second kappa shape index (κ2) is 7.98. The second-order valence-corrected chi connectivity index (χ2v) is 8.56. The lowest BCUT2D eigenvalue weighted by Crippen LogP contribution is -2.35. The fourth-order valence-electron chi connectivity index (χ4n) is 3.98. The first-order valence-corrected chi connectivity index (χ1v) is 8.58. The van der Waals surface area contributed by atoms with Gasteiger partial charge in [-0.3, -0.25) is 9.59 Å². The Morgan fingerprint density at radius 2 is 1.55 bits per heavy atom. The van der Waals surface area contributed by atoms with Crippen LogP contribution in [0.3, 0.4) is 0 Å². The third-order valence-electron chi connectivity index (χ3n) is 4.54. The Labute approximate surface area is 135 Å². The highest BCUT2D eigenvalue weighted by Crippen LogP contribution is 2.38. The lowest BCUT2D eigenvalue weighted by atomic mass is 9.72. The minimum atomic E-state index is -0.775. The van der Waals surface area contributed by atoms with Gasteiger partial charge in [0.15, 0.2) is 0 Å². The number of nitrogens with one attached hydrogen (secondary N) is 1. The summed E-state index contributed by atoms with van der Waals surface area (Å²) in [5.41, 5.74) is -0.478. The standard InChI is InChI=1S/C18H33NO3/c1-17(2,13-18(3,4)11-16(21)22)10-15(20)19-12-14-8-6-5-7-9-14/h14H,5-13H2,1-4H3,(H,19,20)(H,21,22). The van der Waals surface area contributed by atoms with Crippen molar-refractivity contribution in [1.82, 2.24) is 5.32 Å². The maximum absolute atomic E-state index is 12.2. The topological polar surface area (TPSA) is 66.4 Å². The van der Waals surface area contributed by atoms with Crippen molar-refractivity contribution >= 4 is 11.9 Å². The Morgan fingerprint density at radius 3 is 2.09 bits per heavy atom. The average molecular weight is 311 g/mol. The second-order valence-electron chi connectivity index (χ2n) is 8.56. The largest absolute Gasteiger partial charge is 0.481 e. The molecular formula is C18H33NO3. The van der Waals surface area contributed by atoms with Gasteiger partial charge in [0.2, 0.25) is 5.91 Å². The SMILES string of the molecule is CC(C)(CC(=O)O)CC(C)(C)CC(=O)NCC1CCCCC1. The van der Waals surface area contributed by atoms with Gasteiger partial charge in [-0.05, 0) is 36.0 Å². The van der Waals surface area contributed by atoms with E-state index < -0.39 is 5.97 Å². The van der Waals surface area contributed by atoms with Gasteiger partial charge in [-0.25, -0.2) is 0 Å². The van der Waals surface area contributed by atoms with E-state index in [-0.39, 0.29) is 23.2 Å². The number of hydrogen-bond donors (Lipinski definition) is 2. The van der Waals surface area contributed by atoms with Crippen LogP contribution in [0.25, 0.3) is 0 Å². The lowest BCUT2D eigenvalue weighted by Gasteiger charge is -2.34. The molecule has 0 aromatic rings. The van der Waals surface area contributed by atoms with Crippen LogP contribution in [-0.4, -0.2) is 23.5 Å². The molecule has 1 amide bonds. The van der Waals surface area contributed by atoms with E-state index in [0.717, 1.165) is 13.0 Å². The van der Waals surface area contributed by atoms with Crippen LogP contribution in [0.4, 0.5) is 0 Å². The predicted molar refractivity (Wildman–Crippen MR) is 88.6 cm³/mol. The van der Waals surface area contributed by atoms with Gasteiger partial charge in [-0.1, -0.05) is 47.0 Å². The monoisotopic (exact) mass is 311 g/mol. The summed E-state index contributed by atoms with van der Waals surface area (Å²) in [6.45, 7) is 8.83. The number of carboxylic acid groups (broad SMARTS) is 1. The minimum absolute atomic E-state index is 0.0988. The van der Waals surface area contributed by atoms with E-state index in [1.165, 1.54) is 32.1 Å². The van der Waals surface area contributed by atoms with Crippen molar-refractivity contribution in [2.24, 2.45) is 16.7 Å². The zero-order valence-electron chi connectivity index (χ0n) is 14.7. The van der Waals surface area contributed by atoms with Gasteiger partial charge in [0.25, 0.3) is 0 Å². The van der Waals surface area contributed by atoms with E-state index in [4.69, 9.17) is 5.11 Å². The number of amides is 1. The quantitative estimate of drug-likeness (QED) is 0.712. The van der Waals surface area contributed by atoms with Crippen LogP contribution >= 0.6 is 0 Å². The first-order chi connectivity index (χ1) is 10.1. The van der Waals surface area contributed by atoms with E-state index in [0.29, 0.717) is 12.3 Å². The van der Waals surface area contributed by atoms with E-state index in [2.05, 4.69) is 19.2 Å². The molecule has 1 fully saturated rings. The molecule has 4 nitrogen and oxygen atoms in total. The lowest BCUT2D eigenvalue weighted by molar-refractivity contribution is -0.139. The van der Waals surface area contributed by atoms with Crippen molar-refractivity contribution in [3.63, 3.8) is 0 Å². The van der Waals surface area contributed by atoms with Crippen molar-refractivity contribution in [3.8, 4) is 0 Å². The molecule has 0 bridgehead atoms. The van der Waals surface area contributed by atoms with Gasteiger partial charge in [0, 0.05) is 13.0 Å². The van der Waals surface area contributed by atoms with Crippen LogP contribution in [0.5, 0.6) is 0 Å². The van der Waals surface area contributed by atoms with Crippen molar-refractivity contribution in [2.45, 2.75) is 79.1 Å². The summed E-state index contributed by atoms with van der Waals surface area (Å²) >= 11 is 0. The number of aliphatic carboxylic acids is 1. The van der Waals surface area contributed by atoms with Crippen molar-refractivity contribution in [1.29, 1.82) is 0 Å². The Morgan fingerprint density at radius 1 is 1.00 bits per heavy atom. The van der Waals surface area contributed by atoms with Crippen LogP contribution in [-0.2, 0) is 9.59 Å². The minimum Gasteiger partial charge on any atom is -0.481 e. The highest BCUT2D eigenvalue weighted by atomic mass is 16.4. The van der Waals surface area contributed by atoms with Gasteiger partial charge in [-0.2, -0.15) is 0 Å². The third kappa shape index (κ3) is 7.81. The smallest absolute Gasteiger partial charge is 0.303 e. The van der Waals surface area contributed by atoms with Crippen LogP contribution < -0.4 is 5.32 Å². The molecule has 1 aliphatic rings. The molecule has 1 rings (SSSR count). The molecule has 128 valence electrons. The van der Waals surface area contributed by atoms with Gasteiger partial charge < -0.3 is 10.4 Å². The summed E-state index contributed by atoms with van der Waals surface area (Å²) in [5, 5.41) is 12.1. The van der Waals surface area contributed by atoms with E-state index in [9.17, 15) is 9.59 Å². The summed E-state index contributed by atoms with van der Waals surface area (Å²) < 4.78 is 0. The summed E-state index contributed by atoms with van der Waals surface area (Å²) in [4.78, 5) is 23.1. The Balaban J connectivity index is 2.38. The fourth-order valence-corrected chi connectivity index (χ4v) is 3.98. The molecule has 0 aromatic carbocycles. The molecule has 0 atom stereocenters. The predicted octanol–water partition coefficient (Wildman–Crippen LogP) is 3.99. The maximum Gasteiger partial charge on any atom is 0.303 e. The third-order valence-corrected chi connectivity index (χ3v) is 4.54. The van der Waals surface area contributed by atoms with Gasteiger partial charge in [-0.15, -0.1) is 0 Å². The Kier molecular flexibility index (Phi) is 6.89. The van der Waals surface area contributed by atoms with Gasteiger partial charge >= 0.3 is 5.97 Å². The molecule has 22 heavy (non-hydrogen) atoms. The Hall–Kier alpha value is -1.06. The van der Waals surface area contributed by atoms with E-state index in [1.54, 1.807) is 0 Å². The maximum atomic E-state index is 12.2. The fraction of sp³-hybridized carbons (Fsp3) is 0.889. The Bertz CT molecular complexity index is 382. The van der Waals surface area contributed by atoms with Crippen molar-refractivity contribution in [2.75, 3.05) is 6.54 Å².